The van der Waals surface area contributed by atoms with Crippen LogP contribution in [0.25, 0.3) is 11.0 Å². The van der Waals surface area contributed by atoms with Crippen LogP contribution in [0, 0.1) is 0 Å². The molecule has 90 valence electrons. The van der Waals surface area contributed by atoms with Crippen LogP contribution in [0.3, 0.4) is 0 Å². The van der Waals surface area contributed by atoms with E-state index in [1.54, 1.807) is 12.5 Å². The summed E-state index contributed by atoms with van der Waals surface area (Å²) in [6, 6.07) is 9.43. The number of imidazole rings is 1. The zero-order chi connectivity index (χ0) is 12.5. The summed E-state index contributed by atoms with van der Waals surface area (Å²) < 4.78 is 1.96. The normalized spacial score (nSPS) is 10.8. The Hall–Kier alpha value is -2.07. The number of aryl methyl sites for hydroxylation is 1. The number of benzene rings is 1. The van der Waals surface area contributed by atoms with Crippen LogP contribution in [0.15, 0.2) is 42.9 Å². The maximum Gasteiger partial charge on any atom is 0.158 e. The highest BCUT2D eigenvalue weighted by molar-refractivity contribution is 6.30. The van der Waals surface area contributed by atoms with Gasteiger partial charge < -0.3 is 9.88 Å². The first-order valence-electron chi connectivity index (χ1n) is 5.52. The number of hydrogen-bond acceptors (Lipinski definition) is 3. The van der Waals surface area contributed by atoms with Gasteiger partial charge in [-0.15, -0.1) is 0 Å². The molecule has 0 unspecified atom stereocenters. The van der Waals surface area contributed by atoms with Crippen LogP contribution in [-0.2, 0) is 7.05 Å². The second-order valence-electron chi connectivity index (χ2n) is 4.01. The number of halogens is 1. The number of nitrogens with zero attached hydrogens (tertiary/aromatic N) is 3. The number of nitrogens with one attached hydrogen (secondary N) is 1. The van der Waals surface area contributed by atoms with Crippen LogP contribution in [0.1, 0.15) is 0 Å². The molecule has 18 heavy (non-hydrogen) atoms. The van der Waals surface area contributed by atoms with Crippen molar-refractivity contribution in [3.8, 4) is 0 Å². The van der Waals surface area contributed by atoms with E-state index in [-0.39, 0.29) is 0 Å². The monoisotopic (exact) mass is 258 g/mol. The zero-order valence-corrected chi connectivity index (χ0v) is 10.5. The molecule has 0 aliphatic carbocycles. The lowest BCUT2D eigenvalue weighted by Gasteiger charge is -2.06. The van der Waals surface area contributed by atoms with E-state index in [1.807, 2.05) is 41.9 Å². The fourth-order valence-electron chi connectivity index (χ4n) is 1.82. The average Bonchev–Trinajstić information content (AvgIpc) is 2.76. The number of hydrogen-bond donors (Lipinski definition) is 1. The molecule has 0 aliphatic rings. The van der Waals surface area contributed by atoms with Crippen molar-refractivity contribution in [1.29, 1.82) is 0 Å². The highest BCUT2D eigenvalue weighted by Gasteiger charge is 2.06. The van der Waals surface area contributed by atoms with Gasteiger partial charge in [0.15, 0.2) is 5.82 Å². The summed E-state index contributed by atoms with van der Waals surface area (Å²) in [4.78, 5) is 8.66. The molecular weight excluding hydrogens is 248 g/mol. The van der Waals surface area contributed by atoms with Gasteiger partial charge >= 0.3 is 0 Å². The number of pyridine rings is 1. The Kier molecular flexibility index (Phi) is 2.64. The summed E-state index contributed by atoms with van der Waals surface area (Å²) in [5, 5.41) is 3.95. The highest BCUT2D eigenvalue weighted by Crippen LogP contribution is 2.23. The molecule has 0 bridgehead atoms. The third kappa shape index (κ3) is 1.91. The van der Waals surface area contributed by atoms with E-state index >= 15 is 0 Å². The Balaban J connectivity index is 2.02. The van der Waals surface area contributed by atoms with Gasteiger partial charge in [0, 0.05) is 24.0 Å². The molecule has 4 nitrogen and oxygen atoms in total. The summed E-state index contributed by atoms with van der Waals surface area (Å²) in [6.07, 6.45) is 3.54. The first-order valence-corrected chi connectivity index (χ1v) is 5.90. The summed E-state index contributed by atoms with van der Waals surface area (Å²) in [7, 11) is 1.96. The molecular formula is C13H11ClN4. The predicted molar refractivity (Wildman–Crippen MR) is 73.2 cm³/mol. The largest absolute Gasteiger partial charge is 0.338 e. The Morgan fingerprint density at radius 3 is 2.67 bits per heavy atom. The molecule has 0 radical (unpaired) electrons. The van der Waals surface area contributed by atoms with Gasteiger partial charge in [-0.3, -0.25) is 0 Å². The first kappa shape index (κ1) is 11.0. The summed E-state index contributed by atoms with van der Waals surface area (Å²) in [6.45, 7) is 0. The van der Waals surface area contributed by atoms with Crippen molar-refractivity contribution in [3.05, 3.63) is 47.9 Å². The fourth-order valence-corrected chi connectivity index (χ4v) is 1.95. The minimum absolute atomic E-state index is 0.713. The number of aromatic nitrogens is 3. The van der Waals surface area contributed by atoms with E-state index in [0.29, 0.717) is 5.02 Å². The van der Waals surface area contributed by atoms with Crippen LogP contribution >= 0.6 is 11.6 Å². The Morgan fingerprint density at radius 1 is 1.11 bits per heavy atom. The molecule has 3 rings (SSSR count). The molecule has 0 spiro atoms. The number of anilines is 2. The molecule has 0 atom stereocenters. The standard InChI is InChI=1S/C13H11ClN4/c1-18-8-16-12-11(18)6-7-15-13(12)17-10-4-2-9(14)3-5-10/h2-8H,1H3,(H,15,17). The predicted octanol–water partition coefficient (Wildman–Crippen LogP) is 3.37. The molecule has 0 fully saturated rings. The molecule has 2 heterocycles. The third-order valence-corrected chi connectivity index (χ3v) is 3.00. The maximum absolute atomic E-state index is 5.85. The lowest BCUT2D eigenvalue weighted by molar-refractivity contribution is 0.947. The lowest BCUT2D eigenvalue weighted by Crippen LogP contribution is -1.94. The molecule has 0 saturated heterocycles. The van der Waals surface area contributed by atoms with Crippen molar-refractivity contribution >= 4 is 34.1 Å². The summed E-state index contributed by atoms with van der Waals surface area (Å²) in [5.41, 5.74) is 2.83. The lowest BCUT2D eigenvalue weighted by atomic mass is 10.3. The molecule has 0 aliphatic heterocycles. The van der Waals surface area contributed by atoms with Gasteiger partial charge in [-0.1, -0.05) is 11.6 Å². The van der Waals surface area contributed by atoms with Gasteiger partial charge in [0.2, 0.25) is 0 Å². The first-order chi connectivity index (χ1) is 8.74. The van der Waals surface area contributed by atoms with Gasteiger partial charge in [0.05, 0.1) is 11.8 Å². The SMILES string of the molecule is Cn1cnc2c(Nc3ccc(Cl)cc3)nccc21. The molecule has 2 aromatic heterocycles. The third-order valence-electron chi connectivity index (χ3n) is 2.75. The maximum atomic E-state index is 5.85. The smallest absolute Gasteiger partial charge is 0.158 e. The van der Waals surface area contributed by atoms with Crippen molar-refractivity contribution in [2.75, 3.05) is 5.32 Å². The van der Waals surface area contributed by atoms with Gasteiger partial charge in [-0.2, -0.15) is 0 Å². The Bertz CT molecular complexity index is 688. The molecule has 0 saturated carbocycles. The van der Waals surface area contributed by atoms with Crippen LogP contribution in [0.5, 0.6) is 0 Å². The number of fused-ring (bicyclic) bond motifs is 1. The topological polar surface area (TPSA) is 42.7 Å². The van der Waals surface area contributed by atoms with E-state index in [0.717, 1.165) is 22.5 Å². The van der Waals surface area contributed by atoms with Crippen molar-refractivity contribution in [1.82, 2.24) is 14.5 Å². The van der Waals surface area contributed by atoms with E-state index in [9.17, 15) is 0 Å². The Labute approximate surface area is 109 Å². The minimum atomic E-state index is 0.713. The van der Waals surface area contributed by atoms with E-state index in [4.69, 9.17) is 11.6 Å². The van der Waals surface area contributed by atoms with Crippen molar-refractivity contribution < 1.29 is 0 Å². The second-order valence-corrected chi connectivity index (χ2v) is 4.45. The zero-order valence-electron chi connectivity index (χ0n) is 9.76. The van der Waals surface area contributed by atoms with E-state index in [2.05, 4.69) is 15.3 Å². The van der Waals surface area contributed by atoms with Gasteiger partial charge in [-0.25, -0.2) is 9.97 Å². The molecule has 0 amide bonds. The van der Waals surface area contributed by atoms with Crippen LogP contribution < -0.4 is 5.32 Å². The summed E-state index contributed by atoms with van der Waals surface area (Å²) in [5.74, 6) is 0.746. The van der Waals surface area contributed by atoms with Crippen LogP contribution in [0.2, 0.25) is 5.02 Å². The van der Waals surface area contributed by atoms with Crippen molar-refractivity contribution in [2.45, 2.75) is 0 Å². The second kappa shape index (κ2) is 4.31. The summed E-state index contributed by atoms with van der Waals surface area (Å²) >= 11 is 5.85. The highest BCUT2D eigenvalue weighted by atomic mass is 35.5. The Morgan fingerprint density at radius 2 is 1.89 bits per heavy atom. The van der Waals surface area contributed by atoms with E-state index in [1.165, 1.54) is 0 Å². The van der Waals surface area contributed by atoms with Crippen LogP contribution in [-0.4, -0.2) is 14.5 Å². The van der Waals surface area contributed by atoms with Gasteiger partial charge in [0.1, 0.15) is 5.52 Å². The molecule has 5 heteroatoms. The average molecular weight is 259 g/mol. The fraction of sp³-hybridized carbons (Fsp3) is 0.0769. The minimum Gasteiger partial charge on any atom is -0.338 e. The van der Waals surface area contributed by atoms with Gasteiger partial charge in [0.25, 0.3) is 0 Å². The van der Waals surface area contributed by atoms with Crippen LogP contribution in [0.4, 0.5) is 11.5 Å². The molecule has 3 aromatic rings. The quantitative estimate of drug-likeness (QED) is 0.766. The van der Waals surface area contributed by atoms with Crippen molar-refractivity contribution in [2.24, 2.45) is 7.05 Å². The van der Waals surface area contributed by atoms with Crippen molar-refractivity contribution in [3.63, 3.8) is 0 Å². The number of rotatable bonds is 2. The molecule has 1 N–H and O–H groups in total. The molecule has 1 aromatic carbocycles. The van der Waals surface area contributed by atoms with Gasteiger partial charge in [-0.05, 0) is 30.3 Å². The van der Waals surface area contributed by atoms with E-state index < -0.39 is 0 Å².